The Kier molecular flexibility index (Phi) is 4.90. The van der Waals surface area contributed by atoms with Gasteiger partial charge in [-0.2, -0.15) is 0 Å². The summed E-state index contributed by atoms with van der Waals surface area (Å²) >= 11 is 3.17. The van der Waals surface area contributed by atoms with Crippen LogP contribution in [0.5, 0.6) is 5.75 Å². The van der Waals surface area contributed by atoms with Gasteiger partial charge >= 0.3 is 0 Å². The zero-order chi connectivity index (χ0) is 15.4. The first-order valence-corrected chi connectivity index (χ1v) is 6.99. The number of benzene rings is 2. The Morgan fingerprint density at radius 3 is 2.67 bits per heavy atom. The molecule has 0 atom stereocenters. The molecule has 0 unspecified atom stereocenters. The maximum Gasteiger partial charge on any atom is 0.256 e. The Labute approximate surface area is 129 Å². The van der Waals surface area contributed by atoms with Crippen molar-refractivity contribution in [3.8, 4) is 5.75 Å². The molecule has 0 aliphatic heterocycles. The van der Waals surface area contributed by atoms with Crippen molar-refractivity contribution in [1.29, 1.82) is 0 Å². The van der Waals surface area contributed by atoms with Crippen LogP contribution in [0.4, 0.5) is 14.5 Å². The van der Waals surface area contributed by atoms with Gasteiger partial charge in [0, 0.05) is 16.2 Å². The molecule has 0 heterocycles. The molecule has 2 rings (SSSR count). The molecule has 0 aromatic heterocycles. The molecule has 0 bridgehead atoms. The van der Waals surface area contributed by atoms with Crippen LogP contribution < -0.4 is 10.1 Å². The van der Waals surface area contributed by atoms with E-state index in [2.05, 4.69) is 21.2 Å². The second kappa shape index (κ2) is 6.67. The average Bonchev–Trinajstić information content (AvgIpc) is 2.44. The molecule has 1 N–H and O–H groups in total. The summed E-state index contributed by atoms with van der Waals surface area (Å²) in [5.74, 6) is -1.53. The zero-order valence-electron chi connectivity index (χ0n) is 11.1. The van der Waals surface area contributed by atoms with Gasteiger partial charge in [-0.05, 0) is 53.2 Å². The summed E-state index contributed by atoms with van der Waals surface area (Å²) in [7, 11) is 0. The molecule has 1 amide bonds. The van der Waals surface area contributed by atoms with Gasteiger partial charge in [0.05, 0.1) is 12.2 Å². The van der Waals surface area contributed by atoms with E-state index in [0.29, 0.717) is 11.1 Å². The Morgan fingerprint density at radius 1 is 1.24 bits per heavy atom. The third kappa shape index (κ3) is 3.78. The van der Waals surface area contributed by atoms with E-state index in [1.807, 2.05) is 0 Å². The van der Waals surface area contributed by atoms with Crippen LogP contribution in [0.15, 0.2) is 40.9 Å². The van der Waals surface area contributed by atoms with Crippen LogP contribution in [0, 0.1) is 11.6 Å². The predicted octanol–water partition coefficient (Wildman–Crippen LogP) is 4.38. The Hall–Kier alpha value is -1.95. The molecule has 0 saturated carbocycles. The topological polar surface area (TPSA) is 38.3 Å². The van der Waals surface area contributed by atoms with Gasteiger partial charge in [0.25, 0.3) is 5.91 Å². The van der Waals surface area contributed by atoms with Crippen molar-refractivity contribution in [2.45, 2.75) is 6.92 Å². The number of amides is 1. The zero-order valence-corrected chi connectivity index (χ0v) is 12.7. The van der Waals surface area contributed by atoms with Crippen molar-refractivity contribution in [1.82, 2.24) is 0 Å². The van der Waals surface area contributed by atoms with Gasteiger partial charge in [-0.1, -0.05) is 0 Å². The smallest absolute Gasteiger partial charge is 0.256 e. The number of hydrogen-bond acceptors (Lipinski definition) is 2. The van der Waals surface area contributed by atoms with E-state index >= 15 is 0 Å². The van der Waals surface area contributed by atoms with Gasteiger partial charge in [-0.25, -0.2) is 8.78 Å². The molecule has 0 aliphatic carbocycles. The van der Waals surface area contributed by atoms with Crippen molar-refractivity contribution in [2.24, 2.45) is 0 Å². The first-order chi connectivity index (χ1) is 10.0. The summed E-state index contributed by atoms with van der Waals surface area (Å²) < 4.78 is 32.4. The third-order valence-corrected chi connectivity index (χ3v) is 3.35. The van der Waals surface area contributed by atoms with Crippen LogP contribution in [0.2, 0.25) is 0 Å². The summed E-state index contributed by atoms with van der Waals surface area (Å²) in [5, 5.41) is 2.51. The molecular weight excluding hydrogens is 344 g/mol. The number of carbonyl (C=O) groups excluding carboxylic acids is 1. The number of halogens is 3. The molecule has 21 heavy (non-hydrogen) atoms. The lowest BCUT2D eigenvalue weighted by atomic mass is 10.2. The van der Waals surface area contributed by atoms with Gasteiger partial charge in [0.1, 0.15) is 5.82 Å². The monoisotopic (exact) mass is 355 g/mol. The average molecular weight is 356 g/mol. The normalized spacial score (nSPS) is 10.3. The van der Waals surface area contributed by atoms with Crippen molar-refractivity contribution in [3.05, 3.63) is 58.1 Å². The minimum absolute atomic E-state index is 0.113. The highest BCUT2D eigenvalue weighted by Gasteiger charge is 2.13. The molecule has 2 aromatic rings. The molecule has 6 heteroatoms. The lowest BCUT2D eigenvalue weighted by Gasteiger charge is -2.09. The quantitative estimate of drug-likeness (QED) is 0.883. The van der Waals surface area contributed by atoms with E-state index < -0.39 is 17.5 Å². The second-order valence-electron chi connectivity index (χ2n) is 4.16. The number of carbonyl (C=O) groups is 1. The van der Waals surface area contributed by atoms with Crippen LogP contribution >= 0.6 is 15.9 Å². The summed E-state index contributed by atoms with van der Waals surface area (Å²) in [6.07, 6.45) is 0. The third-order valence-electron chi connectivity index (χ3n) is 2.66. The van der Waals surface area contributed by atoms with Crippen molar-refractivity contribution in [3.63, 3.8) is 0 Å². The molecule has 0 aliphatic rings. The molecule has 2 aromatic carbocycles. The summed E-state index contributed by atoms with van der Waals surface area (Å²) in [5.41, 5.74) is 0.390. The number of nitrogens with one attached hydrogen (secondary N) is 1. The Bertz CT molecular complexity index is 677. The van der Waals surface area contributed by atoms with Gasteiger partial charge in [0.2, 0.25) is 0 Å². The van der Waals surface area contributed by atoms with Crippen LogP contribution in [0.1, 0.15) is 17.3 Å². The molecule has 0 radical (unpaired) electrons. The van der Waals surface area contributed by atoms with Gasteiger partial charge in [-0.15, -0.1) is 0 Å². The van der Waals surface area contributed by atoms with Crippen LogP contribution in [0.25, 0.3) is 0 Å². The van der Waals surface area contributed by atoms with E-state index in [1.165, 1.54) is 24.3 Å². The summed E-state index contributed by atoms with van der Waals surface area (Å²) in [6.45, 7) is 2.09. The van der Waals surface area contributed by atoms with Crippen molar-refractivity contribution < 1.29 is 18.3 Å². The predicted molar refractivity (Wildman–Crippen MR) is 79.6 cm³/mol. The van der Waals surface area contributed by atoms with Crippen molar-refractivity contribution in [2.75, 3.05) is 11.9 Å². The van der Waals surface area contributed by atoms with E-state index in [1.54, 1.807) is 6.92 Å². The number of hydrogen-bond donors (Lipinski definition) is 1. The molecule has 0 spiro atoms. The standard InChI is InChI=1S/C15H12BrF2NO2/c1-2-21-14-6-4-10(8-13(14)18)19-15(20)11-7-9(17)3-5-12(11)16/h3-8H,2H2,1H3,(H,19,20). The fraction of sp³-hybridized carbons (Fsp3) is 0.133. The van der Waals surface area contributed by atoms with Crippen LogP contribution in [0.3, 0.4) is 0 Å². The first kappa shape index (κ1) is 15.4. The Morgan fingerprint density at radius 2 is 2.00 bits per heavy atom. The minimum Gasteiger partial charge on any atom is -0.491 e. The Balaban J connectivity index is 2.19. The SMILES string of the molecule is CCOc1ccc(NC(=O)c2cc(F)ccc2Br)cc1F. The van der Waals surface area contributed by atoms with Crippen molar-refractivity contribution >= 4 is 27.5 Å². The van der Waals surface area contributed by atoms with E-state index in [-0.39, 0.29) is 17.0 Å². The number of anilines is 1. The highest BCUT2D eigenvalue weighted by Crippen LogP contribution is 2.23. The van der Waals surface area contributed by atoms with E-state index in [4.69, 9.17) is 4.74 Å². The molecule has 0 fully saturated rings. The summed E-state index contributed by atoms with van der Waals surface area (Å²) in [4.78, 5) is 12.0. The highest BCUT2D eigenvalue weighted by atomic mass is 79.9. The van der Waals surface area contributed by atoms with Gasteiger partial charge in [0.15, 0.2) is 11.6 Å². The fourth-order valence-corrected chi connectivity index (χ4v) is 2.15. The first-order valence-electron chi connectivity index (χ1n) is 6.20. The van der Waals surface area contributed by atoms with E-state index in [0.717, 1.165) is 12.1 Å². The molecule has 0 saturated heterocycles. The molecular formula is C15H12BrF2NO2. The van der Waals surface area contributed by atoms with Gasteiger partial charge in [-0.3, -0.25) is 4.79 Å². The van der Waals surface area contributed by atoms with Crippen LogP contribution in [-0.2, 0) is 0 Å². The summed E-state index contributed by atoms with van der Waals surface area (Å²) in [6, 6.07) is 7.86. The number of ether oxygens (including phenoxy) is 1. The largest absolute Gasteiger partial charge is 0.491 e. The number of rotatable bonds is 4. The maximum absolute atomic E-state index is 13.7. The minimum atomic E-state index is -0.576. The molecule has 110 valence electrons. The highest BCUT2D eigenvalue weighted by molar-refractivity contribution is 9.10. The second-order valence-corrected chi connectivity index (χ2v) is 5.01. The van der Waals surface area contributed by atoms with Gasteiger partial charge < -0.3 is 10.1 Å². The maximum atomic E-state index is 13.7. The van der Waals surface area contributed by atoms with Crippen LogP contribution in [-0.4, -0.2) is 12.5 Å². The lowest BCUT2D eigenvalue weighted by molar-refractivity contribution is 0.102. The molecule has 3 nitrogen and oxygen atoms in total. The lowest BCUT2D eigenvalue weighted by Crippen LogP contribution is -2.13. The fourth-order valence-electron chi connectivity index (χ4n) is 1.72. The van der Waals surface area contributed by atoms with E-state index in [9.17, 15) is 13.6 Å².